The Morgan fingerprint density at radius 1 is 0.912 bits per heavy atom. The number of carbonyl (C=O) groups excluding carboxylic acids is 3. The van der Waals surface area contributed by atoms with E-state index in [-0.39, 0.29) is 23.6 Å². The molecule has 172 valence electrons. The molecule has 11 heteroatoms. The molecule has 3 N–H and O–H groups in total. The summed E-state index contributed by atoms with van der Waals surface area (Å²) in [4.78, 5) is 36.5. The fraction of sp³-hybridized carbons (Fsp3) is 0.0435. The molecule has 0 aliphatic rings. The molecule has 0 saturated heterocycles. The second kappa shape index (κ2) is 11.5. The van der Waals surface area contributed by atoms with Crippen molar-refractivity contribution in [3.8, 4) is 6.07 Å². The molecular formula is C23H15BrCl2N4O4. The second-order valence-electron chi connectivity index (χ2n) is 6.73. The molecule has 0 unspecified atom stereocenters. The van der Waals surface area contributed by atoms with Crippen molar-refractivity contribution in [2.45, 2.75) is 6.54 Å². The fourth-order valence-electron chi connectivity index (χ4n) is 2.65. The first-order chi connectivity index (χ1) is 16.2. The lowest BCUT2D eigenvalue weighted by molar-refractivity contribution is -0.136. The smallest absolute Gasteiger partial charge is 0.313 e. The van der Waals surface area contributed by atoms with Crippen LogP contribution in [0.2, 0.25) is 10.0 Å². The van der Waals surface area contributed by atoms with Gasteiger partial charge in [-0.2, -0.15) is 5.26 Å². The molecule has 0 aliphatic carbocycles. The second-order valence-corrected chi connectivity index (χ2v) is 8.52. The summed E-state index contributed by atoms with van der Waals surface area (Å²) < 4.78 is 6.37. The molecule has 3 amide bonds. The molecular weight excluding hydrogens is 547 g/mol. The molecule has 8 nitrogen and oxygen atoms in total. The predicted octanol–water partition coefficient (Wildman–Crippen LogP) is 5.15. The van der Waals surface area contributed by atoms with Gasteiger partial charge in [-0.1, -0.05) is 39.1 Å². The van der Waals surface area contributed by atoms with E-state index in [1.54, 1.807) is 30.3 Å². The maximum atomic E-state index is 12.3. The molecule has 1 aromatic heterocycles. The van der Waals surface area contributed by atoms with Gasteiger partial charge in [-0.25, -0.2) is 0 Å². The van der Waals surface area contributed by atoms with Crippen molar-refractivity contribution in [3.63, 3.8) is 0 Å². The SMILES string of the molecule is N#C/C(=C/c1ccc(CNC(=O)C(=O)Nc2cc(Cl)cc(Cl)c2)o1)C(=O)Nc1ccc(Br)cc1. The normalized spacial score (nSPS) is 10.8. The Kier molecular flexibility index (Phi) is 8.49. The summed E-state index contributed by atoms with van der Waals surface area (Å²) in [6.07, 6.45) is 1.27. The molecule has 0 atom stereocenters. The maximum absolute atomic E-state index is 12.3. The highest BCUT2D eigenvalue weighted by atomic mass is 79.9. The van der Waals surface area contributed by atoms with Gasteiger partial charge in [0.05, 0.1) is 6.54 Å². The van der Waals surface area contributed by atoms with E-state index in [1.165, 1.54) is 30.3 Å². The van der Waals surface area contributed by atoms with Gasteiger partial charge in [-0.3, -0.25) is 14.4 Å². The zero-order chi connectivity index (χ0) is 24.7. The number of furan rings is 1. The van der Waals surface area contributed by atoms with E-state index in [1.807, 2.05) is 6.07 Å². The Labute approximate surface area is 212 Å². The Morgan fingerprint density at radius 3 is 2.21 bits per heavy atom. The molecule has 0 saturated carbocycles. The number of nitrogens with zero attached hydrogens (tertiary/aromatic N) is 1. The van der Waals surface area contributed by atoms with Crippen molar-refractivity contribution in [2.75, 3.05) is 10.6 Å². The van der Waals surface area contributed by atoms with Crippen LogP contribution in [0.3, 0.4) is 0 Å². The van der Waals surface area contributed by atoms with Crippen LogP contribution in [-0.4, -0.2) is 17.7 Å². The van der Waals surface area contributed by atoms with Crippen molar-refractivity contribution in [1.82, 2.24) is 5.32 Å². The van der Waals surface area contributed by atoms with E-state index in [2.05, 4.69) is 31.9 Å². The first-order valence-corrected chi connectivity index (χ1v) is 11.1. The van der Waals surface area contributed by atoms with Gasteiger partial charge >= 0.3 is 11.8 Å². The summed E-state index contributed by atoms with van der Waals surface area (Å²) in [5.41, 5.74) is 0.622. The van der Waals surface area contributed by atoms with Gasteiger partial charge in [0.2, 0.25) is 0 Å². The van der Waals surface area contributed by atoms with Gasteiger partial charge in [0, 0.05) is 32.0 Å². The van der Waals surface area contributed by atoms with Gasteiger partial charge in [0.25, 0.3) is 5.91 Å². The lowest BCUT2D eigenvalue weighted by Crippen LogP contribution is -2.34. The highest BCUT2D eigenvalue weighted by Gasteiger charge is 2.15. The average molecular weight is 562 g/mol. The van der Waals surface area contributed by atoms with Crippen LogP contribution in [0.5, 0.6) is 0 Å². The molecule has 1 heterocycles. The van der Waals surface area contributed by atoms with Crippen LogP contribution >= 0.6 is 39.1 Å². The van der Waals surface area contributed by atoms with Crippen LogP contribution in [0.15, 0.2) is 69.1 Å². The summed E-state index contributed by atoms with van der Waals surface area (Å²) in [6.45, 7) is -0.0939. The minimum absolute atomic E-state index is 0.0939. The van der Waals surface area contributed by atoms with Crippen molar-refractivity contribution in [2.24, 2.45) is 0 Å². The number of hydrogen-bond donors (Lipinski definition) is 3. The first-order valence-electron chi connectivity index (χ1n) is 9.56. The molecule has 2 aromatic carbocycles. The third-order valence-corrected chi connectivity index (χ3v) is 5.15. The summed E-state index contributed by atoms with van der Waals surface area (Å²) in [5, 5.41) is 17.4. The Hall–Kier alpha value is -3.58. The number of rotatable bonds is 6. The van der Waals surface area contributed by atoms with E-state index >= 15 is 0 Å². The highest BCUT2D eigenvalue weighted by molar-refractivity contribution is 9.10. The molecule has 0 radical (unpaired) electrons. The molecule has 3 rings (SSSR count). The zero-order valence-electron chi connectivity index (χ0n) is 17.2. The summed E-state index contributed by atoms with van der Waals surface area (Å²) in [5.74, 6) is -1.89. The van der Waals surface area contributed by atoms with Crippen LogP contribution < -0.4 is 16.0 Å². The minimum atomic E-state index is -0.915. The monoisotopic (exact) mass is 560 g/mol. The summed E-state index contributed by atoms with van der Waals surface area (Å²) >= 11 is 15.0. The predicted molar refractivity (Wildman–Crippen MR) is 132 cm³/mol. The van der Waals surface area contributed by atoms with E-state index in [9.17, 15) is 19.6 Å². The Bertz CT molecular complexity index is 1290. The lowest BCUT2D eigenvalue weighted by Gasteiger charge is -2.06. The third-order valence-electron chi connectivity index (χ3n) is 4.19. The zero-order valence-corrected chi connectivity index (χ0v) is 20.3. The van der Waals surface area contributed by atoms with Gasteiger partial charge in [-0.05, 0) is 54.6 Å². The standard InChI is InChI=1S/C23H15BrCl2N4O4/c24-14-1-3-17(4-2-14)29-21(31)13(11-27)7-19-5-6-20(34-19)12-28-22(32)23(33)30-18-9-15(25)8-16(26)10-18/h1-10H,12H2,(H,28,32)(H,29,31)(H,30,33)/b13-7-. The van der Waals surface area contributed by atoms with Crippen LogP contribution in [0.4, 0.5) is 11.4 Å². The third kappa shape index (κ3) is 7.22. The van der Waals surface area contributed by atoms with Crippen LogP contribution in [0, 0.1) is 11.3 Å². The van der Waals surface area contributed by atoms with E-state index in [0.29, 0.717) is 21.5 Å². The topological polar surface area (TPSA) is 124 Å². The van der Waals surface area contributed by atoms with Crippen LogP contribution in [-0.2, 0) is 20.9 Å². The number of carbonyl (C=O) groups is 3. The van der Waals surface area contributed by atoms with Crippen molar-refractivity contribution < 1.29 is 18.8 Å². The van der Waals surface area contributed by atoms with Crippen LogP contribution in [0.1, 0.15) is 11.5 Å². The Balaban J connectivity index is 1.57. The number of benzene rings is 2. The molecule has 0 aliphatic heterocycles. The number of nitriles is 1. The number of amides is 3. The number of anilines is 2. The molecule has 34 heavy (non-hydrogen) atoms. The first kappa shape index (κ1) is 25.1. The number of halogens is 3. The summed E-state index contributed by atoms with van der Waals surface area (Å²) in [7, 11) is 0. The molecule has 0 fully saturated rings. The van der Waals surface area contributed by atoms with Crippen molar-refractivity contribution in [1.29, 1.82) is 5.26 Å². The molecule has 0 spiro atoms. The van der Waals surface area contributed by atoms with E-state index in [4.69, 9.17) is 27.6 Å². The number of hydrogen-bond acceptors (Lipinski definition) is 5. The van der Waals surface area contributed by atoms with Gasteiger partial charge in [0.1, 0.15) is 23.2 Å². The van der Waals surface area contributed by atoms with Gasteiger partial charge in [0.15, 0.2) is 0 Å². The van der Waals surface area contributed by atoms with Gasteiger partial charge in [-0.15, -0.1) is 0 Å². The largest absolute Gasteiger partial charge is 0.460 e. The quantitative estimate of drug-likeness (QED) is 0.218. The highest BCUT2D eigenvalue weighted by Crippen LogP contribution is 2.22. The van der Waals surface area contributed by atoms with Gasteiger partial charge < -0.3 is 20.4 Å². The molecule has 0 bridgehead atoms. The minimum Gasteiger partial charge on any atom is -0.460 e. The average Bonchev–Trinajstić information content (AvgIpc) is 3.24. The lowest BCUT2D eigenvalue weighted by atomic mass is 10.2. The fourth-order valence-corrected chi connectivity index (χ4v) is 3.44. The Morgan fingerprint density at radius 2 is 1.56 bits per heavy atom. The molecule has 3 aromatic rings. The number of nitrogens with one attached hydrogen (secondary N) is 3. The van der Waals surface area contributed by atoms with Crippen molar-refractivity contribution >= 4 is 74.3 Å². The van der Waals surface area contributed by atoms with E-state index < -0.39 is 17.7 Å². The van der Waals surface area contributed by atoms with Crippen LogP contribution in [0.25, 0.3) is 6.08 Å². The summed E-state index contributed by atoms with van der Waals surface area (Å²) in [6, 6.07) is 16.2. The van der Waals surface area contributed by atoms with E-state index in [0.717, 1.165) is 4.47 Å². The van der Waals surface area contributed by atoms with Crippen molar-refractivity contribution in [3.05, 3.63) is 86.2 Å². The maximum Gasteiger partial charge on any atom is 0.313 e.